The number of carboxylic acid groups (broad SMARTS) is 1. The second-order valence-corrected chi connectivity index (χ2v) is 3.94. The Balaban J connectivity index is 3.27. The highest BCUT2D eigenvalue weighted by molar-refractivity contribution is 5.88. The molecule has 0 unspecified atom stereocenters. The van der Waals surface area contributed by atoms with Gasteiger partial charge >= 0.3 is 5.97 Å². The van der Waals surface area contributed by atoms with Crippen LogP contribution in [-0.2, 0) is 0 Å². The lowest BCUT2D eigenvalue weighted by Gasteiger charge is -2.14. The van der Waals surface area contributed by atoms with Crippen LogP contribution in [0, 0.1) is 0 Å². The van der Waals surface area contributed by atoms with Crippen molar-refractivity contribution in [3.05, 3.63) is 17.5 Å². The molecule has 0 saturated heterocycles. The second-order valence-electron chi connectivity index (χ2n) is 3.94. The van der Waals surface area contributed by atoms with Crippen molar-refractivity contribution in [2.45, 2.75) is 39.7 Å². The molecule has 0 bridgehead atoms. The van der Waals surface area contributed by atoms with Gasteiger partial charge in [-0.05, 0) is 19.8 Å². The number of carbonyl (C=O) groups is 1. The molecule has 0 radical (unpaired) electrons. The van der Waals surface area contributed by atoms with E-state index in [-0.39, 0.29) is 12.0 Å². The third-order valence-electron chi connectivity index (χ3n) is 2.10. The van der Waals surface area contributed by atoms with Crippen molar-refractivity contribution in [2.24, 2.45) is 0 Å². The van der Waals surface area contributed by atoms with Crippen molar-refractivity contribution in [3.8, 4) is 0 Å². The molecule has 0 fully saturated rings. The molecule has 0 aliphatic heterocycles. The van der Waals surface area contributed by atoms with Gasteiger partial charge < -0.3 is 5.11 Å². The number of hydrogen-bond donors (Lipinski definition) is 1. The molecule has 0 aliphatic rings. The Hall–Kier alpha value is -1.32. The van der Waals surface area contributed by atoms with Gasteiger partial charge in [0.2, 0.25) is 0 Å². The second kappa shape index (κ2) is 3.82. The van der Waals surface area contributed by atoms with E-state index in [0.29, 0.717) is 5.56 Å². The van der Waals surface area contributed by atoms with E-state index in [4.69, 9.17) is 5.11 Å². The fraction of sp³-hybridized carbons (Fsp3) is 0.600. The summed E-state index contributed by atoms with van der Waals surface area (Å²) in [5.74, 6) is -0.730. The Morgan fingerprint density at radius 2 is 2.00 bits per heavy atom. The highest BCUT2D eigenvalue weighted by Gasteiger charge is 2.20. The predicted octanol–water partition coefficient (Wildman–Crippen LogP) is 2.29. The van der Waals surface area contributed by atoms with Gasteiger partial charge in [0.05, 0.1) is 11.9 Å². The van der Waals surface area contributed by atoms with Gasteiger partial charge in [0.1, 0.15) is 5.56 Å². The minimum absolute atomic E-state index is 0.172. The molecule has 4 heteroatoms. The average molecular weight is 196 g/mol. The molecule has 4 nitrogen and oxygen atoms in total. The van der Waals surface area contributed by atoms with Gasteiger partial charge in [0, 0.05) is 6.04 Å². The van der Waals surface area contributed by atoms with Crippen LogP contribution in [0.15, 0.2) is 6.20 Å². The van der Waals surface area contributed by atoms with Crippen LogP contribution in [0.5, 0.6) is 0 Å². The first-order valence-corrected chi connectivity index (χ1v) is 4.75. The molecule has 0 atom stereocenters. The topological polar surface area (TPSA) is 55.1 Å². The van der Waals surface area contributed by atoms with Gasteiger partial charge in [-0.15, -0.1) is 0 Å². The first kappa shape index (κ1) is 10.8. The maximum Gasteiger partial charge on any atom is 0.339 e. The fourth-order valence-electron chi connectivity index (χ4n) is 1.52. The summed E-state index contributed by atoms with van der Waals surface area (Å²) < 4.78 is 1.77. The van der Waals surface area contributed by atoms with Gasteiger partial charge in [-0.1, -0.05) is 13.8 Å². The molecule has 0 aromatic carbocycles. The summed E-state index contributed by atoms with van der Waals surface area (Å²) in [4.78, 5) is 10.9. The molecule has 0 saturated carbocycles. The summed E-state index contributed by atoms with van der Waals surface area (Å²) in [5.41, 5.74) is 1.11. The first-order valence-electron chi connectivity index (χ1n) is 4.75. The van der Waals surface area contributed by atoms with E-state index in [1.165, 1.54) is 6.20 Å². The minimum Gasteiger partial charge on any atom is -0.478 e. The molecule has 1 aromatic heterocycles. The third-order valence-corrected chi connectivity index (χ3v) is 2.10. The number of aromatic nitrogens is 2. The summed E-state index contributed by atoms with van der Waals surface area (Å²) in [6.45, 7) is 7.93. The van der Waals surface area contributed by atoms with Gasteiger partial charge in [-0.3, -0.25) is 4.68 Å². The number of rotatable bonds is 3. The Labute approximate surface area is 83.5 Å². The highest BCUT2D eigenvalue weighted by atomic mass is 16.4. The summed E-state index contributed by atoms with van der Waals surface area (Å²) in [5, 5.41) is 13.1. The van der Waals surface area contributed by atoms with Gasteiger partial charge in [-0.2, -0.15) is 5.10 Å². The summed E-state index contributed by atoms with van der Waals surface area (Å²) in [7, 11) is 0. The number of aromatic carboxylic acids is 1. The summed E-state index contributed by atoms with van der Waals surface area (Å²) >= 11 is 0. The maximum atomic E-state index is 10.9. The van der Waals surface area contributed by atoms with Gasteiger partial charge in [0.15, 0.2) is 0 Å². The van der Waals surface area contributed by atoms with Crippen LogP contribution in [0.3, 0.4) is 0 Å². The number of nitrogens with zero attached hydrogens (tertiary/aromatic N) is 2. The standard InChI is InChI=1S/C10H16N2O2/c1-6(2)9-8(10(13)14)5-11-12(9)7(3)4/h5-7H,1-4H3,(H,13,14). The van der Waals surface area contributed by atoms with Crippen molar-refractivity contribution in [1.82, 2.24) is 9.78 Å². The molecule has 1 rings (SSSR count). The summed E-state index contributed by atoms with van der Waals surface area (Å²) in [6.07, 6.45) is 1.43. The highest BCUT2D eigenvalue weighted by Crippen LogP contribution is 2.22. The zero-order valence-corrected chi connectivity index (χ0v) is 8.98. The molecule has 14 heavy (non-hydrogen) atoms. The van der Waals surface area contributed by atoms with Crippen molar-refractivity contribution < 1.29 is 9.90 Å². The van der Waals surface area contributed by atoms with E-state index in [1.54, 1.807) is 4.68 Å². The SMILES string of the molecule is CC(C)c1c(C(=O)O)cnn1C(C)C. The van der Waals surface area contributed by atoms with E-state index in [9.17, 15) is 4.79 Å². The first-order chi connectivity index (χ1) is 6.45. The maximum absolute atomic E-state index is 10.9. The summed E-state index contributed by atoms with van der Waals surface area (Å²) in [6, 6.07) is 0.195. The van der Waals surface area contributed by atoms with E-state index in [1.807, 2.05) is 27.7 Å². The fourth-order valence-corrected chi connectivity index (χ4v) is 1.52. The third kappa shape index (κ3) is 1.78. The van der Waals surface area contributed by atoms with E-state index in [2.05, 4.69) is 5.10 Å². The molecular formula is C10H16N2O2. The quantitative estimate of drug-likeness (QED) is 0.806. The lowest BCUT2D eigenvalue weighted by atomic mass is 10.1. The molecule has 1 aromatic rings. The van der Waals surface area contributed by atoms with Crippen LogP contribution in [0.25, 0.3) is 0 Å². The van der Waals surface area contributed by atoms with Crippen LogP contribution in [0.2, 0.25) is 0 Å². The monoisotopic (exact) mass is 196 g/mol. The smallest absolute Gasteiger partial charge is 0.339 e. The number of carboxylic acids is 1. The van der Waals surface area contributed by atoms with Crippen LogP contribution < -0.4 is 0 Å². The largest absolute Gasteiger partial charge is 0.478 e. The van der Waals surface area contributed by atoms with Crippen molar-refractivity contribution in [2.75, 3.05) is 0 Å². The van der Waals surface area contributed by atoms with E-state index < -0.39 is 5.97 Å². The molecule has 78 valence electrons. The molecular weight excluding hydrogens is 180 g/mol. The van der Waals surface area contributed by atoms with Crippen LogP contribution >= 0.6 is 0 Å². The predicted molar refractivity (Wildman–Crippen MR) is 53.7 cm³/mol. The molecule has 0 amide bonds. The lowest BCUT2D eigenvalue weighted by Crippen LogP contribution is -2.11. The van der Waals surface area contributed by atoms with E-state index in [0.717, 1.165) is 5.69 Å². The van der Waals surface area contributed by atoms with Crippen molar-refractivity contribution in [1.29, 1.82) is 0 Å². The van der Waals surface area contributed by atoms with Crippen LogP contribution in [0.1, 0.15) is 55.7 Å². The average Bonchev–Trinajstić information content (AvgIpc) is 2.46. The minimum atomic E-state index is -0.902. The van der Waals surface area contributed by atoms with Crippen LogP contribution in [-0.4, -0.2) is 20.9 Å². The molecule has 1 N–H and O–H groups in total. The molecule has 0 aliphatic carbocycles. The Kier molecular flexibility index (Phi) is 2.93. The van der Waals surface area contributed by atoms with E-state index >= 15 is 0 Å². The zero-order chi connectivity index (χ0) is 10.9. The van der Waals surface area contributed by atoms with Crippen molar-refractivity contribution in [3.63, 3.8) is 0 Å². The van der Waals surface area contributed by atoms with Crippen molar-refractivity contribution >= 4 is 5.97 Å². The Morgan fingerprint density at radius 1 is 1.43 bits per heavy atom. The number of hydrogen-bond acceptors (Lipinski definition) is 2. The Bertz CT molecular complexity index is 340. The molecule has 0 spiro atoms. The van der Waals surface area contributed by atoms with Crippen LogP contribution in [0.4, 0.5) is 0 Å². The van der Waals surface area contributed by atoms with Gasteiger partial charge in [0.25, 0.3) is 0 Å². The zero-order valence-electron chi connectivity index (χ0n) is 8.98. The van der Waals surface area contributed by atoms with Gasteiger partial charge in [-0.25, -0.2) is 4.79 Å². The Morgan fingerprint density at radius 3 is 2.36 bits per heavy atom. The molecule has 1 heterocycles. The normalized spacial score (nSPS) is 11.3. The lowest BCUT2D eigenvalue weighted by molar-refractivity contribution is 0.0695.